The van der Waals surface area contributed by atoms with Gasteiger partial charge in [0.2, 0.25) is 5.91 Å². The highest BCUT2D eigenvalue weighted by molar-refractivity contribution is 5.91. The summed E-state index contributed by atoms with van der Waals surface area (Å²) >= 11 is 0. The molecule has 2 rings (SSSR count). The molecule has 6 heteroatoms. The summed E-state index contributed by atoms with van der Waals surface area (Å²) in [5, 5.41) is 13.2. The second-order valence-corrected chi connectivity index (χ2v) is 3.93. The predicted octanol–water partition coefficient (Wildman–Crippen LogP) is 2.76. The smallest absolute Gasteiger partial charge is 0.271 e. The van der Waals surface area contributed by atoms with Gasteiger partial charge in [-0.3, -0.25) is 14.9 Å². The molecular formula is C13H12N2O4. The van der Waals surface area contributed by atoms with E-state index in [4.69, 9.17) is 4.42 Å². The molecule has 1 N–H and O–H groups in total. The predicted molar refractivity (Wildman–Crippen MR) is 68.8 cm³/mol. The lowest BCUT2D eigenvalue weighted by atomic mass is 10.2. The summed E-state index contributed by atoms with van der Waals surface area (Å²) < 4.78 is 5.12. The molecule has 1 heterocycles. The van der Waals surface area contributed by atoms with Crippen molar-refractivity contribution in [1.82, 2.24) is 0 Å². The number of furan rings is 1. The molecule has 2 aromatic rings. The Morgan fingerprint density at radius 1 is 1.32 bits per heavy atom. The van der Waals surface area contributed by atoms with Gasteiger partial charge in [-0.05, 0) is 18.2 Å². The third kappa shape index (κ3) is 3.67. The molecule has 0 aliphatic carbocycles. The molecule has 1 amide bonds. The van der Waals surface area contributed by atoms with Crippen LogP contribution in [0.5, 0.6) is 0 Å². The van der Waals surface area contributed by atoms with E-state index in [0.717, 1.165) is 5.76 Å². The highest BCUT2D eigenvalue weighted by Crippen LogP contribution is 2.17. The van der Waals surface area contributed by atoms with E-state index in [9.17, 15) is 14.9 Å². The standard InChI is InChI=1S/C13H12N2O4/c16-13(7-6-12-5-2-8-19-12)14-10-3-1-4-11(9-10)15(17)18/h1-5,8-9H,6-7H2,(H,14,16). The van der Waals surface area contributed by atoms with E-state index in [-0.39, 0.29) is 18.0 Å². The summed E-state index contributed by atoms with van der Waals surface area (Å²) in [6, 6.07) is 9.38. The van der Waals surface area contributed by atoms with Crippen LogP contribution >= 0.6 is 0 Å². The molecule has 0 saturated carbocycles. The normalized spacial score (nSPS) is 10.1. The Morgan fingerprint density at radius 3 is 2.84 bits per heavy atom. The molecule has 19 heavy (non-hydrogen) atoms. The van der Waals surface area contributed by atoms with Crippen molar-refractivity contribution in [3.8, 4) is 0 Å². The molecule has 0 aliphatic heterocycles. The number of nitrogens with one attached hydrogen (secondary N) is 1. The van der Waals surface area contributed by atoms with E-state index >= 15 is 0 Å². The second-order valence-electron chi connectivity index (χ2n) is 3.93. The van der Waals surface area contributed by atoms with Crippen LogP contribution in [0.4, 0.5) is 11.4 Å². The Kier molecular flexibility index (Phi) is 3.92. The van der Waals surface area contributed by atoms with Gasteiger partial charge in [0.1, 0.15) is 5.76 Å². The van der Waals surface area contributed by atoms with E-state index in [1.807, 2.05) is 0 Å². The molecule has 1 aromatic carbocycles. The number of carbonyl (C=O) groups excluding carboxylic acids is 1. The number of anilines is 1. The SMILES string of the molecule is O=C(CCc1ccco1)Nc1cccc([N+](=O)[O-])c1. The van der Waals surface area contributed by atoms with E-state index in [0.29, 0.717) is 12.1 Å². The first-order valence-corrected chi connectivity index (χ1v) is 5.72. The minimum absolute atomic E-state index is 0.0520. The summed E-state index contributed by atoms with van der Waals surface area (Å²) in [5.41, 5.74) is 0.363. The number of rotatable bonds is 5. The van der Waals surface area contributed by atoms with Crippen molar-refractivity contribution in [2.45, 2.75) is 12.8 Å². The molecule has 0 fully saturated rings. The molecule has 6 nitrogen and oxygen atoms in total. The fraction of sp³-hybridized carbons (Fsp3) is 0.154. The first-order valence-electron chi connectivity index (χ1n) is 5.72. The molecular weight excluding hydrogens is 248 g/mol. The third-order valence-electron chi connectivity index (χ3n) is 2.52. The zero-order valence-electron chi connectivity index (χ0n) is 10.0. The Balaban J connectivity index is 1.91. The molecule has 0 bridgehead atoms. The number of carbonyl (C=O) groups is 1. The van der Waals surface area contributed by atoms with Crippen molar-refractivity contribution in [3.05, 3.63) is 58.5 Å². The molecule has 0 spiro atoms. The van der Waals surface area contributed by atoms with Gasteiger partial charge in [-0.25, -0.2) is 0 Å². The van der Waals surface area contributed by atoms with Crippen LogP contribution in [0.1, 0.15) is 12.2 Å². The molecule has 0 aliphatic rings. The fourth-order valence-corrected chi connectivity index (χ4v) is 1.61. The number of nitro benzene ring substituents is 1. The van der Waals surface area contributed by atoms with Crippen molar-refractivity contribution in [2.24, 2.45) is 0 Å². The van der Waals surface area contributed by atoms with Crippen molar-refractivity contribution >= 4 is 17.3 Å². The van der Waals surface area contributed by atoms with Crippen LogP contribution in [-0.2, 0) is 11.2 Å². The monoisotopic (exact) mass is 260 g/mol. The number of nitrogens with zero attached hydrogens (tertiary/aromatic N) is 1. The third-order valence-corrected chi connectivity index (χ3v) is 2.52. The summed E-state index contributed by atoms with van der Waals surface area (Å²) in [6.07, 6.45) is 2.30. The second kappa shape index (κ2) is 5.81. The quantitative estimate of drug-likeness (QED) is 0.661. The molecule has 0 saturated heterocycles. The van der Waals surface area contributed by atoms with Gasteiger partial charge in [0.25, 0.3) is 5.69 Å². The highest BCUT2D eigenvalue weighted by Gasteiger charge is 2.08. The van der Waals surface area contributed by atoms with Crippen LogP contribution in [0.25, 0.3) is 0 Å². The highest BCUT2D eigenvalue weighted by atomic mass is 16.6. The van der Waals surface area contributed by atoms with Gasteiger partial charge in [-0.2, -0.15) is 0 Å². The summed E-state index contributed by atoms with van der Waals surface area (Å²) in [7, 11) is 0. The van der Waals surface area contributed by atoms with Gasteiger partial charge in [0, 0.05) is 30.7 Å². The van der Waals surface area contributed by atoms with Crippen LogP contribution in [0.2, 0.25) is 0 Å². The summed E-state index contributed by atoms with van der Waals surface area (Å²) in [6.45, 7) is 0. The van der Waals surface area contributed by atoms with E-state index in [1.165, 1.54) is 18.2 Å². The lowest BCUT2D eigenvalue weighted by Crippen LogP contribution is -2.12. The number of amides is 1. The van der Waals surface area contributed by atoms with Crippen molar-refractivity contribution in [1.29, 1.82) is 0 Å². The number of non-ortho nitro benzene ring substituents is 1. The van der Waals surface area contributed by atoms with Gasteiger partial charge in [-0.15, -0.1) is 0 Å². The first kappa shape index (κ1) is 12.8. The average Bonchev–Trinajstić information content (AvgIpc) is 2.90. The topological polar surface area (TPSA) is 85.4 Å². The molecule has 98 valence electrons. The van der Waals surface area contributed by atoms with Gasteiger partial charge >= 0.3 is 0 Å². The van der Waals surface area contributed by atoms with E-state index in [2.05, 4.69) is 5.32 Å². The Hall–Kier alpha value is -2.63. The maximum Gasteiger partial charge on any atom is 0.271 e. The zero-order chi connectivity index (χ0) is 13.7. The van der Waals surface area contributed by atoms with Gasteiger partial charge in [-0.1, -0.05) is 6.07 Å². The fourth-order valence-electron chi connectivity index (χ4n) is 1.61. The summed E-state index contributed by atoms with van der Waals surface area (Å²) in [4.78, 5) is 21.8. The number of hydrogen-bond donors (Lipinski definition) is 1. The lowest BCUT2D eigenvalue weighted by molar-refractivity contribution is -0.384. The van der Waals surface area contributed by atoms with Gasteiger partial charge < -0.3 is 9.73 Å². The molecule has 1 aromatic heterocycles. The Bertz CT molecular complexity index is 578. The number of nitro groups is 1. The van der Waals surface area contributed by atoms with Crippen LogP contribution in [0, 0.1) is 10.1 Å². The first-order chi connectivity index (χ1) is 9.15. The summed E-state index contributed by atoms with van der Waals surface area (Å²) in [5.74, 6) is 0.520. The van der Waals surface area contributed by atoms with Crippen LogP contribution in [0.15, 0.2) is 47.1 Å². The number of benzene rings is 1. The average molecular weight is 260 g/mol. The largest absolute Gasteiger partial charge is 0.469 e. The number of hydrogen-bond acceptors (Lipinski definition) is 4. The Morgan fingerprint density at radius 2 is 2.16 bits per heavy atom. The van der Waals surface area contributed by atoms with Gasteiger partial charge in [0.15, 0.2) is 0 Å². The van der Waals surface area contributed by atoms with Crippen molar-refractivity contribution in [2.75, 3.05) is 5.32 Å². The van der Waals surface area contributed by atoms with E-state index < -0.39 is 4.92 Å². The lowest BCUT2D eigenvalue weighted by Gasteiger charge is -2.04. The van der Waals surface area contributed by atoms with Gasteiger partial charge in [0.05, 0.1) is 11.2 Å². The maximum atomic E-state index is 11.7. The van der Waals surface area contributed by atoms with Crippen LogP contribution < -0.4 is 5.32 Å². The van der Waals surface area contributed by atoms with Crippen molar-refractivity contribution in [3.63, 3.8) is 0 Å². The number of aryl methyl sites for hydroxylation is 1. The molecule has 0 atom stereocenters. The van der Waals surface area contributed by atoms with Crippen LogP contribution in [0.3, 0.4) is 0 Å². The molecule has 0 radical (unpaired) electrons. The van der Waals surface area contributed by atoms with Crippen LogP contribution in [-0.4, -0.2) is 10.8 Å². The minimum atomic E-state index is -0.501. The maximum absolute atomic E-state index is 11.7. The minimum Gasteiger partial charge on any atom is -0.469 e. The zero-order valence-corrected chi connectivity index (χ0v) is 10.0. The Labute approximate surface area is 109 Å². The van der Waals surface area contributed by atoms with E-state index in [1.54, 1.807) is 24.5 Å². The van der Waals surface area contributed by atoms with Crippen molar-refractivity contribution < 1.29 is 14.1 Å². The molecule has 0 unspecified atom stereocenters.